The van der Waals surface area contributed by atoms with Crippen LogP contribution < -0.4 is 9.47 Å². The van der Waals surface area contributed by atoms with E-state index in [4.69, 9.17) is 14.6 Å². The number of ether oxygens (including phenoxy) is 2. The van der Waals surface area contributed by atoms with Gasteiger partial charge in [-0.3, -0.25) is 4.79 Å². The van der Waals surface area contributed by atoms with Gasteiger partial charge in [-0.05, 0) is 30.0 Å². The van der Waals surface area contributed by atoms with Crippen molar-refractivity contribution in [1.29, 1.82) is 0 Å². The number of hydrogen-bond donors (Lipinski definition) is 1. The fraction of sp³-hybridized carbons (Fsp3) is 0.381. The van der Waals surface area contributed by atoms with Crippen molar-refractivity contribution in [1.82, 2.24) is 0 Å². The molecule has 1 N–H and O–H groups in total. The van der Waals surface area contributed by atoms with E-state index in [1.54, 1.807) is 18.2 Å². The van der Waals surface area contributed by atoms with Crippen LogP contribution in [0.25, 0.3) is 0 Å². The Balaban J connectivity index is 1.57. The van der Waals surface area contributed by atoms with Gasteiger partial charge in [0.15, 0.2) is 0 Å². The molecule has 2 aromatic carbocycles. The van der Waals surface area contributed by atoms with Crippen LogP contribution in [0, 0.1) is 0 Å². The molecule has 1 heterocycles. The van der Waals surface area contributed by atoms with Gasteiger partial charge in [0, 0.05) is 23.1 Å². The fourth-order valence-corrected chi connectivity index (χ4v) is 4.06. The molecule has 2 aromatic rings. The molecule has 0 aromatic heterocycles. The predicted octanol–water partition coefficient (Wildman–Crippen LogP) is 5.36. The Morgan fingerprint density at radius 1 is 1.13 bits per heavy atom. The summed E-state index contributed by atoms with van der Waals surface area (Å²) in [7, 11) is 0. The lowest BCUT2D eigenvalue weighted by Gasteiger charge is -2.23. The van der Waals surface area contributed by atoms with Crippen LogP contribution in [0.3, 0.4) is 0 Å². The van der Waals surface area contributed by atoms with E-state index >= 15 is 0 Å². The minimum Gasteiger partial charge on any atom is -0.492 e. The van der Waals surface area contributed by atoms with Gasteiger partial charge in [-0.15, -0.1) is 0 Å². The summed E-state index contributed by atoms with van der Waals surface area (Å²) in [5.74, 6) is -5.30. The largest absolute Gasteiger partial charge is 0.492 e. The Morgan fingerprint density at radius 2 is 1.90 bits per heavy atom. The summed E-state index contributed by atoms with van der Waals surface area (Å²) in [6, 6.07) is 8.38. The second kappa shape index (κ2) is 7.14. The van der Waals surface area contributed by atoms with E-state index in [9.17, 15) is 26.7 Å². The van der Waals surface area contributed by atoms with Crippen molar-refractivity contribution < 1.29 is 41.3 Å². The Bertz CT molecular complexity index is 986. The number of benzene rings is 2. The summed E-state index contributed by atoms with van der Waals surface area (Å²) >= 11 is 0. The standard InChI is InChI=1S/C21H17F5O4/c22-20(23,21(24,25)26)16-3-1-2-15-14(16)6-7-17(15)30-12-4-5-13-11(8-19(27)28)10-29-18(13)9-12/h1-5,9,11,17H,6-8,10H2,(H,27,28)/t11-,17-/m1/s1. The molecular weight excluding hydrogens is 411 g/mol. The van der Waals surface area contributed by atoms with Gasteiger partial charge in [0.1, 0.15) is 17.6 Å². The van der Waals surface area contributed by atoms with Gasteiger partial charge in [0.25, 0.3) is 0 Å². The van der Waals surface area contributed by atoms with E-state index in [0.29, 0.717) is 17.1 Å². The number of carbonyl (C=O) groups is 1. The topological polar surface area (TPSA) is 55.8 Å². The number of rotatable bonds is 5. The van der Waals surface area contributed by atoms with Crippen LogP contribution in [0.4, 0.5) is 22.0 Å². The number of alkyl halides is 5. The highest BCUT2D eigenvalue weighted by atomic mass is 19.4. The third kappa shape index (κ3) is 3.46. The summed E-state index contributed by atoms with van der Waals surface area (Å²) in [5, 5.41) is 8.96. The van der Waals surface area contributed by atoms with Crippen molar-refractivity contribution in [3.63, 3.8) is 0 Å². The van der Waals surface area contributed by atoms with Crippen molar-refractivity contribution in [3.8, 4) is 11.5 Å². The first-order chi connectivity index (χ1) is 14.1. The normalized spacial score (nSPS) is 20.4. The van der Waals surface area contributed by atoms with E-state index in [0.717, 1.165) is 11.6 Å². The molecule has 30 heavy (non-hydrogen) atoms. The summed E-state index contributed by atoms with van der Waals surface area (Å²) < 4.78 is 77.8. The molecule has 0 spiro atoms. The molecule has 2 atom stereocenters. The first kappa shape index (κ1) is 20.4. The van der Waals surface area contributed by atoms with Gasteiger partial charge in [-0.1, -0.05) is 24.3 Å². The Hall–Kier alpha value is -2.84. The summed E-state index contributed by atoms with van der Waals surface area (Å²) in [6.45, 7) is 0.229. The third-order valence-corrected chi connectivity index (χ3v) is 5.47. The highest BCUT2D eigenvalue weighted by Crippen LogP contribution is 2.49. The van der Waals surface area contributed by atoms with Crippen LogP contribution in [-0.4, -0.2) is 23.9 Å². The van der Waals surface area contributed by atoms with Gasteiger partial charge in [-0.2, -0.15) is 22.0 Å². The zero-order valence-electron chi connectivity index (χ0n) is 15.5. The number of hydrogen-bond acceptors (Lipinski definition) is 3. The van der Waals surface area contributed by atoms with E-state index in [-0.39, 0.29) is 37.4 Å². The molecule has 1 aliphatic heterocycles. The molecular formula is C21H17F5O4. The van der Waals surface area contributed by atoms with E-state index in [2.05, 4.69) is 0 Å². The van der Waals surface area contributed by atoms with Gasteiger partial charge in [0.05, 0.1) is 13.0 Å². The minimum atomic E-state index is -5.68. The molecule has 9 heteroatoms. The zero-order valence-corrected chi connectivity index (χ0v) is 15.5. The van der Waals surface area contributed by atoms with Crippen molar-refractivity contribution in [2.75, 3.05) is 6.61 Å². The molecule has 2 aliphatic rings. The molecule has 0 radical (unpaired) electrons. The zero-order chi connectivity index (χ0) is 21.7. The van der Waals surface area contributed by atoms with Crippen LogP contribution in [0.15, 0.2) is 36.4 Å². The second-order valence-electron chi connectivity index (χ2n) is 7.40. The van der Waals surface area contributed by atoms with Gasteiger partial charge >= 0.3 is 18.1 Å². The van der Waals surface area contributed by atoms with E-state index in [1.807, 2.05) is 0 Å². The summed E-state index contributed by atoms with van der Waals surface area (Å²) in [6.07, 6.45) is -6.10. The highest BCUT2D eigenvalue weighted by Gasteiger charge is 2.60. The minimum absolute atomic E-state index is 0.0382. The fourth-order valence-electron chi connectivity index (χ4n) is 4.06. The monoisotopic (exact) mass is 428 g/mol. The van der Waals surface area contributed by atoms with Crippen molar-refractivity contribution in [2.24, 2.45) is 0 Å². The SMILES string of the molecule is O=C(O)C[C@@H]1COc2cc(O[C@@H]3CCc4c3cccc4C(F)(F)C(F)(F)F)ccc21. The molecule has 0 saturated heterocycles. The molecule has 0 bridgehead atoms. The van der Waals surface area contributed by atoms with Crippen LogP contribution in [-0.2, 0) is 17.1 Å². The van der Waals surface area contributed by atoms with Gasteiger partial charge in [0.2, 0.25) is 0 Å². The Labute approximate surface area is 168 Å². The van der Waals surface area contributed by atoms with E-state index in [1.165, 1.54) is 12.1 Å². The van der Waals surface area contributed by atoms with Crippen LogP contribution >= 0.6 is 0 Å². The van der Waals surface area contributed by atoms with Gasteiger partial charge < -0.3 is 14.6 Å². The number of carboxylic acid groups (broad SMARTS) is 1. The molecule has 0 amide bonds. The maximum absolute atomic E-state index is 13.9. The smallest absolute Gasteiger partial charge is 0.458 e. The van der Waals surface area contributed by atoms with E-state index < -0.39 is 29.7 Å². The quantitative estimate of drug-likeness (QED) is 0.652. The molecule has 4 nitrogen and oxygen atoms in total. The average molecular weight is 428 g/mol. The van der Waals surface area contributed by atoms with Crippen molar-refractivity contribution >= 4 is 5.97 Å². The average Bonchev–Trinajstić information content (AvgIpc) is 3.24. The predicted molar refractivity (Wildman–Crippen MR) is 95.0 cm³/mol. The molecule has 160 valence electrons. The van der Waals surface area contributed by atoms with Crippen molar-refractivity contribution in [3.05, 3.63) is 58.7 Å². The Kier molecular flexibility index (Phi) is 4.86. The van der Waals surface area contributed by atoms with Crippen LogP contribution in [0.2, 0.25) is 0 Å². The number of halogens is 5. The molecule has 4 rings (SSSR count). The molecule has 0 fully saturated rings. The number of fused-ring (bicyclic) bond motifs is 2. The molecule has 1 aliphatic carbocycles. The lowest BCUT2D eigenvalue weighted by Crippen LogP contribution is -2.34. The number of aliphatic carboxylic acids is 1. The van der Waals surface area contributed by atoms with Crippen LogP contribution in [0.5, 0.6) is 11.5 Å². The lowest BCUT2D eigenvalue weighted by molar-refractivity contribution is -0.289. The Morgan fingerprint density at radius 3 is 2.60 bits per heavy atom. The second-order valence-corrected chi connectivity index (χ2v) is 7.40. The van der Waals surface area contributed by atoms with Crippen molar-refractivity contribution in [2.45, 2.75) is 43.4 Å². The summed E-state index contributed by atoms with van der Waals surface area (Å²) in [4.78, 5) is 10.9. The number of carboxylic acids is 1. The summed E-state index contributed by atoms with van der Waals surface area (Å²) in [5.41, 5.74) is -0.0265. The maximum atomic E-state index is 13.9. The maximum Gasteiger partial charge on any atom is 0.458 e. The first-order valence-electron chi connectivity index (χ1n) is 9.30. The highest BCUT2D eigenvalue weighted by molar-refractivity contribution is 5.68. The molecule has 0 saturated carbocycles. The third-order valence-electron chi connectivity index (χ3n) is 5.47. The lowest BCUT2D eigenvalue weighted by atomic mass is 9.97. The first-order valence-corrected chi connectivity index (χ1v) is 9.30. The molecule has 0 unspecified atom stereocenters. The van der Waals surface area contributed by atoms with Gasteiger partial charge in [-0.25, -0.2) is 0 Å². The van der Waals surface area contributed by atoms with Crippen LogP contribution in [0.1, 0.15) is 47.1 Å².